The zero-order chi connectivity index (χ0) is 21.7. The number of benzene rings is 3. The fourth-order valence-electron chi connectivity index (χ4n) is 5.59. The molecule has 0 spiro atoms. The van der Waals surface area contributed by atoms with E-state index in [2.05, 4.69) is 128 Å². The Bertz CT molecular complexity index is 1300. The Morgan fingerprint density at radius 1 is 0.781 bits per heavy atom. The van der Waals surface area contributed by atoms with Crippen molar-refractivity contribution in [3.8, 4) is 0 Å². The Labute approximate surface area is 190 Å². The molecule has 0 bridgehead atoms. The van der Waals surface area contributed by atoms with Crippen LogP contribution in [-0.2, 0) is 5.41 Å². The third kappa shape index (κ3) is 2.85. The van der Waals surface area contributed by atoms with Crippen molar-refractivity contribution in [3.05, 3.63) is 142 Å². The second-order valence-corrected chi connectivity index (χ2v) is 9.29. The molecule has 2 atom stereocenters. The third-order valence-electron chi connectivity index (χ3n) is 7.32. The lowest BCUT2D eigenvalue weighted by molar-refractivity contribution is 0.627. The molecule has 0 amide bonds. The Hall–Kier alpha value is -3.58. The highest BCUT2D eigenvalue weighted by atomic mass is 15.1. The van der Waals surface area contributed by atoms with Gasteiger partial charge in [-0.05, 0) is 63.6 Å². The van der Waals surface area contributed by atoms with Gasteiger partial charge in [-0.3, -0.25) is 0 Å². The van der Waals surface area contributed by atoms with Gasteiger partial charge in [0.1, 0.15) is 0 Å². The maximum absolute atomic E-state index is 2.45. The van der Waals surface area contributed by atoms with Crippen LogP contribution in [0.4, 0.5) is 5.69 Å². The maximum atomic E-state index is 2.45. The van der Waals surface area contributed by atoms with Gasteiger partial charge in [0.2, 0.25) is 0 Å². The van der Waals surface area contributed by atoms with Crippen LogP contribution in [-0.4, -0.2) is 14.1 Å². The molecule has 0 aromatic heterocycles. The summed E-state index contributed by atoms with van der Waals surface area (Å²) in [6.07, 6.45) is 13.0. The summed E-state index contributed by atoms with van der Waals surface area (Å²) in [7, 11) is 4.19. The van der Waals surface area contributed by atoms with E-state index < -0.39 is 0 Å². The van der Waals surface area contributed by atoms with Crippen LogP contribution in [0.3, 0.4) is 0 Å². The maximum Gasteiger partial charge on any atom is 0.0425 e. The van der Waals surface area contributed by atoms with Crippen molar-refractivity contribution in [2.75, 3.05) is 19.0 Å². The van der Waals surface area contributed by atoms with E-state index in [0.29, 0.717) is 5.92 Å². The van der Waals surface area contributed by atoms with Gasteiger partial charge in [-0.25, -0.2) is 0 Å². The van der Waals surface area contributed by atoms with E-state index in [1.165, 1.54) is 44.7 Å². The molecule has 0 N–H and O–H groups in total. The van der Waals surface area contributed by atoms with Crippen LogP contribution in [0.1, 0.15) is 34.6 Å². The van der Waals surface area contributed by atoms with E-state index in [4.69, 9.17) is 0 Å². The van der Waals surface area contributed by atoms with Gasteiger partial charge in [0.05, 0.1) is 0 Å². The fourth-order valence-corrected chi connectivity index (χ4v) is 5.59. The van der Waals surface area contributed by atoms with Crippen LogP contribution in [0, 0.1) is 0 Å². The van der Waals surface area contributed by atoms with Gasteiger partial charge < -0.3 is 4.90 Å². The van der Waals surface area contributed by atoms with E-state index in [0.717, 1.165) is 6.42 Å². The van der Waals surface area contributed by atoms with Gasteiger partial charge in [0, 0.05) is 31.1 Å². The first-order valence-corrected chi connectivity index (χ1v) is 11.4. The predicted octanol–water partition coefficient (Wildman–Crippen LogP) is 7.05. The number of hydrogen-bond donors (Lipinski definition) is 0. The molecule has 32 heavy (non-hydrogen) atoms. The molecule has 1 nitrogen and oxygen atoms in total. The monoisotopic (exact) mass is 413 g/mol. The molecular formula is C31H27N. The average Bonchev–Trinajstić information content (AvgIpc) is 3.23. The summed E-state index contributed by atoms with van der Waals surface area (Å²) >= 11 is 0. The van der Waals surface area contributed by atoms with Crippen molar-refractivity contribution in [3.63, 3.8) is 0 Å². The minimum absolute atomic E-state index is 0.159. The summed E-state index contributed by atoms with van der Waals surface area (Å²) in [5.74, 6) is 0.387. The lowest BCUT2D eigenvalue weighted by Gasteiger charge is -2.38. The van der Waals surface area contributed by atoms with Crippen LogP contribution in [0.15, 0.2) is 120 Å². The molecule has 0 saturated carbocycles. The third-order valence-corrected chi connectivity index (χ3v) is 7.32. The largest absolute Gasteiger partial charge is 0.378 e. The quantitative estimate of drug-likeness (QED) is 0.445. The summed E-state index contributed by atoms with van der Waals surface area (Å²) in [6, 6.07) is 28.9. The van der Waals surface area contributed by atoms with Crippen molar-refractivity contribution >= 4 is 11.8 Å². The predicted molar refractivity (Wildman–Crippen MR) is 135 cm³/mol. The van der Waals surface area contributed by atoms with Crippen LogP contribution in [0.5, 0.6) is 0 Å². The minimum atomic E-state index is -0.159. The van der Waals surface area contributed by atoms with Crippen molar-refractivity contribution < 1.29 is 0 Å². The average molecular weight is 414 g/mol. The van der Waals surface area contributed by atoms with Gasteiger partial charge in [-0.15, -0.1) is 0 Å². The smallest absolute Gasteiger partial charge is 0.0425 e. The Kier molecular flexibility index (Phi) is 4.33. The molecule has 6 rings (SSSR count). The minimum Gasteiger partial charge on any atom is -0.378 e. The first kappa shape index (κ1) is 19.1. The van der Waals surface area contributed by atoms with Gasteiger partial charge in [-0.1, -0.05) is 91.0 Å². The SMILES string of the molecule is CN(C)c1ccc(C2(c3ccccc3)C=CC3=C(C=CC4C3=Cc3ccccc34)C2)cc1. The first-order valence-electron chi connectivity index (χ1n) is 11.4. The summed E-state index contributed by atoms with van der Waals surface area (Å²) in [4.78, 5) is 2.16. The van der Waals surface area contributed by atoms with Crippen molar-refractivity contribution in [2.24, 2.45) is 0 Å². The number of allylic oxidation sites excluding steroid dienone is 7. The van der Waals surface area contributed by atoms with E-state index in [1.54, 1.807) is 0 Å². The highest BCUT2D eigenvalue weighted by Crippen LogP contribution is 2.51. The second kappa shape index (κ2) is 7.24. The molecule has 0 fully saturated rings. The standard InChI is InChI=1S/C31H27N/c1-32(2)26-15-13-25(14-16-26)31(24-9-4-3-5-10-24)19-18-28-23(21-31)12-17-29-27-11-7-6-8-22(27)20-30(28)29/h3-20,29H,21H2,1-2H3. The van der Waals surface area contributed by atoms with Crippen molar-refractivity contribution in [2.45, 2.75) is 17.8 Å². The zero-order valence-corrected chi connectivity index (χ0v) is 18.6. The van der Waals surface area contributed by atoms with Crippen LogP contribution in [0.25, 0.3) is 6.08 Å². The molecule has 156 valence electrons. The lowest BCUT2D eigenvalue weighted by atomic mass is 9.65. The summed E-state index contributed by atoms with van der Waals surface area (Å²) < 4.78 is 0. The molecule has 3 aromatic rings. The number of hydrogen-bond acceptors (Lipinski definition) is 1. The molecule has 3 aromatic carbocycles. The van der Waals surface area contributed by atoms with Crippen molar-refractivity contribution in [1.29, 1.82) is 0 Å². The highest BCUT2D eigenvalue weighted by molar-refractivity contribution is 5.77. The number of anilines is 1. The topological polar surface area (TPSA) is 3.24 Å². The van der Waals surface area contributed by atoms with Crippen LogP contribution < -0.4 is 4.90 Å². The molecule has 3 aliphatic rings. The van der Waals surface area contributed by atoms with E-state index in [-0.39, 0.29) is 5.41 Å². The number of rotatable bonds is 3. The zero-order valence-electron chi connectivity index (χ0n) is 18.6. The van der Waals surface area contributed by atoms with Gasteiger partial charge in [0.25, 0.3) is 0 Å². The highest BCUT2D eigenvalue weighted by Gasteiger charge is 2.38. The molecule has 2 unspecified atom stereocenters. The first-order chi connectivity index (χ1) is 15.7. The molecule has 1 heteroatoms. The lowest BCUT2D eigenvalue weighted by Crippen LogP contribution is -2.29. The second-order valence-electron chi connectivity index (χ2n) is 9.29. The normalized spacial score (nSPS) is 22.8. The number of nitrogens with zero attached hydrogens (tertiary/aromatic N) is 1. The van der Waals surface area contributed by atoms with Gasteiger partial charge in [0.15, 0.2) is 0 Å². The van der Waals surface area contributed by atoms with E-state index >= 15 is 0 Å². The van der Waals surface area contributed by atoms with Crippen molar-refractivity contribution in [1.82, 2.24) is 0 Å². The van der Waals surface area contributed by atoms with Crippen LogP contribution in [0.2, 0.25) is 0 Å². The Morgan fingerprint density at radius 3 is 2.28 bits per heavy atom. The molecule has 0 saturated heterocycles. The molecule has 0 heterocycles. The Morgan fingerprint density at radius 2 is 1.50 bits per heavy atom. The summed E-state index contributed by atoms with van der Waals surface area (Å²) in [6.45, 7) is 0. The molecular weight excluding hydrogens is 386 g/mol. The molecule has 0 radical (unpaired) electrons. The van der Waals surface area contributed by atoms with E-state index in [1.807, 2.05) is 0 Å². The molecule has 3 aliphatic carbocycles. The van der Waals surface area contributed by atoms with Gasteiger partial charge >= 0.3 is 0 Å². The number of fused-ring (bicyclic) bond motifs is 4. The van der Waals surface area contributed by atoms with E-state index in [9.17, 15) is 0 Å². The fraction of sp³-hybridized carbons (Fsp3) is 0.161. The summed E-state index contributed by atoms with van der Waals surface area (Å²) in [5.41, 5.74) is 10.8. The van der Waals surface area contributed by atoms with Crippen LogP contribution >= 0.6 is 0 Å². The summed E-state index contributed by atoms with van der Waals surface area (Å²) in [5, 5.41) is 0. The van der Waals surface area contributed by atoms with Gasteiger partial charge in [-0.2, -0.15) is 0 Å². The molecule has 0 aliphatic heterocycles. The Balaban J connectivity index is 1.45.